The van der Waals surface area contributed by atoms with E-state index in [0.29, 0.717) is 23.4 Å². The number of benzene rings is 1. The Morgan fingerprint density at radius 1 is 1.10 bits per heavy atom. The van der Waals surface area contributed by atoms with Crippen LogP contribution in [0.4, 0.5) is 23.5 Å². The van der Waals surface area contributed by atoms with Gasteiger partial charge in [-0.25, -0.2) is 14.4 Å². The topological polar surface area (TPSA) is 96.0 Å². The zero-order valence-corrected chi connectivity index (χ0v) is 15.4. The van der Waals surface area contributed by atoms with Crippen LogP contribution in [0.3, 0.4) is 0 Å². The highest BCUT2D eigenvalue weighted by molar-refractivity contribution is 6.31. The molecule has 1 aliphatic rings. The molecule has 1 aromatic carbocycles. The maximum absolute atomic E-state index is 13.7. The number of hydrazine groups is 1. The minimum absolute atomic E-state index is 0.126. The lowest BCUT2D eigenvalue weighted by molar-refractivity contribution is -0.174. The van der Waals surface area contributed by atoms with Crippen LogP contribution < -0.4 is 16.2 Å². The standard InChI is InChI=1S/C17H14ClF4N5O2/c18-12-3-2-10(19)6-11(12)16(4-1-5-16)25-15-23-7-9(8-24-15)13(28)26-27-14(29)17(20,21)22/h2-3,6-8H,1,4-5H2,(H,26,28)(H,27,29)(H,23,24,25). The molecule has 1 fully saturated rings. The van der Waals surface area contributed by atoms with Crippen LogP contribution in [0.25, 0.3) is 0 Å². The summed E-state index contributed by atoms with van der Waals surface area (Å²) in [6.45, 7) is 0. The molecule has 3 N–H and O–H groups in total. The van der Waals surface area contributed by atoms with Gasteiger partial charge in [0.05, 0.1) is 11.1 Å². The van der Waals surface area contributed by atoms with Crippen LogP contribution in [0, 0.1) is 5.82 Å². The average molecular weight is 432 g/mol. The minimum atomic E-state index is -5.13. The van der Waals surface area contributed by atoms with Crippen molar-refractivity contribution in [3.63, 3.8) is 0 Å². The zero-order chi connectivity index (χ0) is 21.2. The van der Waals surface area contributed by atoms with Gasteiger partial charge in [-0.2, -0.15) is 13.2 Å². The third kappa shape index (κ3) is 4.56. The van der Waals surface area contributed by atoms with E-state index in [9.17, 15) is 27.2 Å². The number of halogens is 5. The highest BCUT2D eigenvalue weighted by Gasteiger charge is 2.41. The van der Waals surface area contributed by atoms with Crippen LogP contribution in [0.2, 0.25) is 5.02 Å². The molecule has 3 rings (SSSR count). The smallest absolute Gasteiger partial charge is 0.345 e. The van der Waals surface area contributed by atoms with Crippen molar-refractivity contribution in [3.8, 4) is 0 Å². The van der Waals surface area contributed by atoms with Gasteiger partial charge in [0.15, 0.2) is 0 Å². The van der Waals surface area contributed by atoms with Gasteiger partial charge in [-0.1, -0.05) is 11.6 Å². The number of aromatic nitrogens is 2. The molecule has 0 atom stereocenters. The lowest BCUT2D eigenvalue weighted by Crippen LogP contribution is -2.47. The van der Waals surface area contributed by atoms with Crippen molar-refractivity contribution < 1.29 is 27.2 Å². The third-order valence-electron chi connectivity index (χ3n) is 4.46. The molecule has 12 heteroatoms. The van der Waals surface area contributed by atoms with Crippen LogP contribution >= 0.6 is 11.6 Å². The van der Waals surface area contributed by atoms with Gasteiger partial charge in [0.1, 0.15) is 5.82 Å². The lowest BCUT2D eigenvalue weighted by atomic mass is 9.72. The second-order valence-corrected chi connectivity index (χ2v) is 6.79. The van der Waals surface area contributed by atoms with Gasteiger partial charge >= 0.3 is 12.1 Å². The first-order valence-corrected chi connectivity index (χ1v) is 8.72. The van der Waals surface area contributed by atoms with Crippen molar-refractivity contribution in [2.75, 3.05) is 5.32 Å². The van der Waals surface area contributed by atoms with E-state index >= 15 is 0 Å². The first-order chi connectivity index (χ1) is 13.6. The van der Waals surface area contributed by atoms with E-state index in [4.69, 9.17) is 11.6 Å². The Hall–Kier alpha value is -2.95. The lowest BCUT2D eigenvalue weighted by Gasteiger charge is -2.43. The number of alkyl halides is 3. The zero-order valence-electron chi connectivity index (χ0n) is 14.6. The summed E-state index contributed by atoms with van der Waals surface area (Å²) in [5.41, 5.74) is 2.58. The monoisotopic (exact) mass is 431 g/mol. The number of hydrogen-bond donors (Lipinski definition) is 3. The van der Waals surface area contributed by atoms with Crippen molar-refractivity contribution in [2.45, 2.75) is 31.0 Å². The SMILES string of the molecule is O=C(NNC(=O)C(F)(F)F)c1cnc(NC2(c3cc(F)ccc3Cl)CCC2)nc1. The predicted octanol–water partition coefficient (Wildman–Crippen LogP) is 3.08. The summed E-state index contributed by atoms with van der Waals surface area (Å²) in [5, 5.41) is 3.47. The second kappa shape index (κ2) is 7.82. The minimum Gasteiger partial charge on any atom is -0.345 e. The molecule has 1 aromatic heterocycles. The van der Waals surface area contributed by atoms with Gasteiger partial charge < -0.3 is 5.32 Å². The number of carbonyl (C=O) groups is 2. The van der Waals surface area contributed by atoms with Gasteiger partial charge in [-0.3, -0.25) is 20.4 Å². The summed E-state index contributed by atoms with van der Waals surface area (Å²) < 4.78 is 50.0. The Balaban J connectivity index is 1.69. The molecule has 0 bridgehead atoms. The van der Waals surface area contributed by atoms with Gasteiger partial charge in [-0.05, 0) is 43.0 Å². The van der Waals surface area contributed by atoms with E-state index < -0.39 is 29.3 Å². The summed E-state index contributed by atoms with van der Waals surface area (Å²) in [6, 6.07) is 4.04. The highest BCUT2D eigenvalue weighted by atomic mass is 35.5. The summed E-state index contributed by atoms with van der Waals surface area (Å²) >= 11 is 6.20. The van der Waals surface area contributed by atoms with Crippen LogP contribution in [0.15, 0.2) is 30.6 Å². The van der Waals surface area contributed by atoms with Crippen molar-refractivity contribution in [3.05, 3.63) is 52.6 Å². The van der Waals surface area contributed by atoms with E-state index in [-0.39, 0.29) is 11.5 Å². The predicted molar refractivity (Wildman–Crippen MR) is 94.3 cm³/mol. The molecule has 2 amide bonds. The first-order valence-electron chi connectivity index (χ1n) is 8.34. The van der Waals surface area contributed by atoms with Crippen LogP contribution in [0.5, 0.6) is 0 Å². The van der Waals surface area contributed by atoms with Crippen LogP contribution in [-0.4, -0.2) is 28.0 Å². The fourth-order valence-corrected chi connectivity index (χ4v) is 3.14. The van der Waals surface area contributed by atoms with Crippen LogP contribution in [0.1, 0.15) is 35.2 Å². The van der Waals surface area contributed by atoms with Crippen LogP contribution in [-0.2, 0) is 10.3 Å². The van der Waals surface area contributed by atoms with E-state index in [1.165, 1.54) is 23.6 Å². The Kier molecular flexibility index (Phi) is 5.60. The molecule has 0 aliphatic heterocycles. The van der Waals surface area contributed by atoms with E-state index in [2.05, 4.69) is 15.3 Å². The third-order valence-corrected chi connectivity index (χ3v) is 4.79. The Morgan fingerprint density at radius 2 is 1.76 bits per heavy atom. The first kappa shape index (κ1) is 20.8. The van der Waals surface area contributed by atoms with Crippen molar-refractivity contribution in [1.29, 1.82) is 0 Å². The number of nitrogens with one attached hydrogen (secondary N) is 3. The quantitative estimate of drug-likeness (QED) is 0.511. The molecule has 1 aliphatic carbocycles. The van der Waals surface area contributed by atoms with Crippen molar-refractivity contribution in [1.82, 2.24) is 20.8 Å². The van der Waals surface area contributed by atoms with Crippen molar-refractivity contribution >= 4 is 29.4 Å². The molecule has 154 valence electrons. The molecule has 0 spiro atoms. The maximum Gasteiger partial charge on any atom is 0.472 e. The molecular formula is C17H14ClF4N5O2. The average Bonchev–Trinajstić information content (AvgIpc) is 2.64. The number of hydrogen-bond acceptors (Lipinski definition) is 5. The van der Waals surface area contributed by atoms with Gasteiger partial charge in [0.25, 0.3) is 5.91 Å². The van der Waals surface area contributed by atoms with E-state index in [1.54, 1.807) is 5.43 Å². The van der Waals surface area contributed by atoms with Crippen molar-refractivity contribution in [2.24, 2.45) is 0 Å². The summed E-state index contributed by atoms with van der Waals surface area (Å²) in [4.78, 5) is 30.4. The van der Waals surface area contributed by atoms with Gasteiger partial charge in [0, 0.05) is 17.4 Å². The molecule has 0 unspecified atom stereocenters. The van der Waals surface area contributed by atoms with E-state index in [0.717, 1.165) is 18.8 Å². The Morgan fingerprint density at radius 3 is 2.31 bits per heavy atom. The number of amides is 2. The molecule has 7 nitrogen and oxygen atoms in total. The van der Waals surface area contributed by atoms with Gasteiger partial charge in [-0.15, -0.1) is 0 Å². The van der Waals surface area contributed by atoms with E-state index in [1.807, 2.05) is 0 Å². The number of anilines is 1. The normalized spacial score (nSPS) is 15.2. The summed E-state index contributed by atoms with van der Waals surface area (Å²) in [7, 11) is 0. The second-order valence-electron chi connectivity index (χ2n) is 6.39. The molecular weight excluding hydrogens is 418 g/mol. The fourth-order valence-electron chi connectivity index (χ4n) is 2.84. The molecule has 0 saturated heterocycles. The number of nitrogens with zero attached hydrogens (tertiary/aromatic N) is 2. The largest absolute Gasteiger partial charge is 0.472 e. The number of carbonyl (C=O) groups excluding carboxylic acids is 2. The summed E-state index contributed by atoms with van der Waals surface area (Å²) in [6.07, 6.45) is -0.795. The Labute approximate surface area is 166 Å². The molecule has 1 heterocycles. The molecule has 0 radical (unpaired) electrons. The number of rotatable bonds is 4. The molecule has 2 aromatic rings. The van der Waals surface area contributed by atoms with Gasteiger partial charge in [0.2, 0.25) is 5.95 Å². The summed E-state index contributed by atoms with van der Waals surface area (Å²) in [5.74, 6) is -3.66. The molecule has 1 saturated carbocycles. The highest BCUT2D eigenvalue weighted by Crippen LogP contribution is 2.46. The molecule has 29 heavy (non-hydrogen) atoms. The fraction of sp³-hybridized carbons (Fsp3) is 0.294. The maximum atomic E-state index is 13.7. The Bertz CT molecular complexity index is 932.